The van der Waals surface area contributed by atoms with E-state index < -0.39 is 6.10 Å². The highest BCUT2D eigenvalue weighted by Gasteiger charge is 2.19. The fourth-order valence-electron chi connectivity index (χ4n) is 8.29. The van der Waals surface area contributed by atoms with Gasteiger partial charge in [-0.3, -0.25) is 14.4 Å². The first-order chi connectivity index (χ1) is 36.0. The maximum absolute atomic E-state index is 12.9. The van der Waals surface area contributed by atoms with Crippen molar-refractivity contribution in [1.29, 1.82) is 0 Å². The van der Waals surface area contributed by atoms with Crippen LogP contribution in [-0.2, 0) is 28.6 Å². The number of ether oxygens (including phenoxy) is 3. The second-order valence-corrected chi connectivity index (χ2v) is 19.9. The van der Waals surface area contributed by atoms with E-state index in [-0.39, 0.29) is 37.5 Å². The van der Waals surface area contributed by atoms with Crippen molar-refractivity contribution in [3.05, 3.63) is 109 Å². The van der Waals surface area contributed by atoms with E-state index in [2.05, 4.69) is 130 Å². The average molecular weight is 1010 g/mol. The summed E-state index contributed by atoms with van der Waals surface area (Å²) in [6.07, 6.45) is 82.4. The van der Waals surface area contributed by atoms with Gasteiger partial charge in [-0.25, -0.2) is 0 Å². The molecule has 0 radical (unpaired) electrons. The topological polar surface area (TPSA) is 78.9 Å². The molecule has 0 aliphatic heterocycles. The van der Waals surface area contributed by atoms with E-state index in [0.29, 0.717) is 19.3 Å². The molecule has 0 aromatic rings. The highest BCUT2D eigenvalue weighted by Crippen LogP contribution is 2.16. The lowest BCUT2D eigenvalue weighted by Gasteiger charge is -2.18. The van der Waals surface area contributed by atoms with Crippen molar-refractivity contribution in [2.24, 2.45) is 0 Å². The molecule has 416 valence electrons. The predicted molar refractivity (Wildman–Crippen MR) is 316 cm³/mol. The fraction of sp³-hybridized carbons (Fsp3) is 0.687. The van der Waals surface area contributed by atoms with Crippen LogP contribution in [-0.4, -0.2) is 37.2 Å². The zero-order valence-corrected chi connectivity index (χ0v) is 47.6. The number of esters is 3. The number of unbranched alkanes of at least 4 members (excludes halogenated alkanes) is 25. The molecule has 0 unspecified atom stereocenters. The van der Waals surface area contributed by atoms with Crippen molar-refractivity contribution in [3.63, 3.8) is 0 Å². The minimum atomic E-state index is -0.813. The standard InChI is InChI=1S/C67H112O6/c1-4-7-10-13-16-19-22-25-28-31-32-33-34-37-40-43-46-49-52-55-58-61-67(70)73-64(62-71-65(68)59-56-53-50-47-44-41-38-35-29-26-23-20-17-14-11-8-5-2)63-72-66(69)60-57-54-51-48-45-42-39-36-30-27-24-21-18-15-12-9-6-3/h8-9,11-12,17-18,20-21,26-27,29-30,38-39,41-42,47,50,64H,4-7,10,13-16,19,22-25,28,31-37,40,43-46,48-49,51-63H2,1-3H3/b11-8-,12-9-,20-17-,21-18-,29-26-,30-27-,41-38-,42-39-,50-47-/t64-/m1/s1. The van der Waals surface area contributed by atoms with Crippen molar-refractivity contribution in [3.8, 4) is 0 Å². The number of carbonyl (C=O) groups excluding carboxylic acids is 3. The summed E-state index contributed by atoms with van der Waals surface area (Å²) in [5.41, 5.74) is 0. The van der Waals surface area contributed by atoms with Gasteiger partial charge >= 0.3 is 17.9 Å². The third-order valence-electron chi connectivity index (χ3n) is 12.8. The summed E-state index contributed by atoms with van der Waals surface area (Å²) >= 11 is 0. The molecule has 1 atom stereocenters. The molecule has 0 heterocycles. The number of allylic oxidation sites excluding steroid dienone is 18. The van der Waals surface area contributed by atoms with Crippen molar-refractivity contribution in [1.82, 2.24) is 0 Å². The summed E-state index contributed by atoms with van der Waals surface area (Å²) in [5, 5.41) is 0. The first kappa shape index (κ1) is 69.1. The van der Waals surface area contributed by atoms with Crippen LogP contribution >= 0.6 is 0 Å². The van der Waals surface area contributed by atoms with E-state index >= 15 is 0 Å². The second kappa shape index (κ2) is 60.6. The van der Waals surface area contributed by atoms with E-state index in [1.54, 1.807) is 0 Å². The smallest absolute Gasteiger partial charge is 0.306 e. The Morgan fingerprint density at radius 1 is 0.288 bits per heavy atom. The first-order valence-electron chi connectivity index (χ1n) is 30.4. The third kappa shape index (κ3) is 58.8. The maximum Gasteiger partial charge on any atom is 0.306 e. The van der Waals surface area contributed by atoms with E-state index in [1.807, 2.05) is 0 Å². The fourth-order valence-corrected chi connectivity index (χ4v) is 8.29. The van der Waals surface area contributed by atoms with Crippen LogP contribution in [0.15, 0.2) is 109 Å². The highest BCUT2D eigenvalue weighted by molar-refractivity contribution is 5.71. The van der Waals surface area contributed by atoms with E-state index in [0.717, 1.165) is 116 Å². The summed E-state index contributed by atoms with van der Waals surface area (Å²) in [6.45, 7) is 6.36. The monoisotopic (exact) mass is 1010 g/mol. The molecule has 0 saturated carbocycles. The average Bonchev–Trinajstić information content (AvgIpc) is 3.39. The van der Waals surface area contributed by atoms with Gasteiger partial charge in [-0.05, 0) is 96.3 Å². The van der Waals surface area contributed by atoms with Crippen molar-refractivity contribution < 1.29 is 28.6 Å². The Labute approximate surface area is 450 Å². The van der Waals surface area contributed by atoms with Crippen LogP contribution in [0.1, 0.15) is 278 Å². The number of carbonyl (C=O) groups is 3. The van der Waals surface area contributed by atoms with Gasteiger partial charge in [0, 0.05) is 19.3 Å². The largest absolute Gasteiger partial charge is 0.462 e. The van der Waals surface area contributed by atoms with E-state index in [9.17, 15) is 14.4 Å². The van der Waals surface area contributed by atoms with Crippen LogP contribution in [0.3, 0.4) is 0 Å². The molecule has 0 aliphatic rings. The van der Waals surface area contributed by atoms with Gasteiger partial charge in [-0.2, -0.15) is 0 Å². The van der Waals surface area contributed by atoms with Crippen molar-refractivity contribution in [2.75, 3.05) is 13.2 Å². The lowest BCUT2D eigenvalue weighted by atomic mass is 10.0. The molecule has 0 fully saturated rings. The SMILES string of the molecule is CC/C=C\C/C=C\C/C=C\C/C=C\C/C=C\CCCC(=O)OC[C@H](COC(=O)CCCCCC/C=C\C/C=C\C/C=C\C/C=C\CC)OC(=O)CCCCCCCCCCCCCCCCCCCCCCC. The van der Waals surface area contributed by atoms with Gasteiger partial charge in [0.1, 0.15) is 13.2 Å². The summed E-state index contributed by atoms with van der Waals surface area (Å²) in [5.74, 6) is -0.983. The Kier molecular flexibility index (Phi) is 57.4. The normalized spacial score (nSPS) is 12.9. The molecule has 6 nitrogen and oxygen atoms in total. The number of hydrogen-bond donors (Lipinski definition) is 0. The maximum atomic E-state index is 12.9. The van der Waals surface area contributed by atoms with Gasteiger partial charge in [0.25, 0.3) is 0 Å². The van der Waals surface area contributed by atoms with Crippen LogP contribution in [0.2, 0.25) is 0 Å². The van der Waals surface area contributed by atoms with Crippen LogP contribution in [0.5, 0.6) is 0 Å². The Hall–Kier alpha value is -3.93. The molecule has 0 rings (SSSR count). The summed E-state index contributed by atoms with van der Waals surface area (Å²) in [7, 11) is 0. The molecule has 6 heteroatoms. The second-order valence-electron chi connectivity index (χ2n) is 19.9. The Bertz CT molecular complexity index is 1490. The molecule has 0 saturated heterocycles. The zero-order valence-electron chi connectivity index (χ0n) is 47.6. The van der Waals surface area contributed by atoms with E-state index in [1.165, 1.54) is 116 Å². The molecule has 0 aliphatic carbocycles. The lowest BCUT2D eigenvalue weighted by molar-refractivity contribution is -0.167. The molecule has 0 spiro atoms. The first-order valence-corrected chi connectivity index (χ1v) is 30.4. The van der Waals surface area contributed by atoms with Gasteiger partial charge in [0.15, 0.2) is 6.10 Å². The third-order valence-corrected chi connectivity index (χ3v) is 12.8. The van der Waals surface area contributed by atoms with Crippen LogP contribution in [0.4, 0.5) is 0 Å². The Balaban J connectivity index is 4.47. The predicted octanol–water partition coefficient (Wildman–Crippen LogP) is 20.7. The van der Waals surface area contributed by atoms with E-state index in [4.69, 9.17) is 14.2 Å². The van der Waals surface area contributed by atoms with Gasteiger partial charge in [-0.15, -0.1) is 0 Å². The summed E-state index contributed by atoms with van der Waals surface area (Å²) < 4.78 is 16.8. The summed E-state index contributed by atoms with van der Waals surface area (Å²) in [6, 6.07) is 0. The van der Waals surface area contributed by atoms with Crippen LogP contribution in [0, 0.1) is 0 Å². The molecular formula is C67H112O6. The molecule has 0 amide bonds. The molecule has 0 N–H and O–H groups in total. The Morgan fingerprint density at radius 2 is 0.548 bits per heavy atom. The Morgan fingerprint density at radius 3 is 0.890 bits per heavy atom. The summed E-state index contributed by atoms with van der Waals surface area (Å²) in [4.78, 5) is 38.2. The van der Waals surface area contributed by atoms with Crippen LogP contribution in [0.25, 0.3) is 0 Å². The van der Waals surface area contributed by atoms with Crippen LogP contribution < -0.4 is 0 Å². The zero-order chi connectivity index (χ0) is 52.9. The van der Waals surface area contributed by atoms with Crippen molar-refractivity contribution in [2.45, 2.75) is 284 Å². The minimum absolute atomic E-state index is 0.108. The molecule has 0 aromatic carbocycles. The quantitative estimate of drug-likeness (QED) is 0.0261. The van der Waals surface area contributed by atoms with Crippen molar-refractivity contribution >= 4 is 17.9 Å². The molecule has 73 heavy (non-hydrogen) atoms. The highest BCUT2D eigenvalue weighted by atomic mass is 16.6. The minimum Gasteiger partial charge on any atom is -0.462 e. The molecule has 0 bridgehead atoms. The van der Waals surface area contributed by atoms with Gasteiger partial charge in [0.05, 0.1) is 0 Å². The molecular weight excluding hydrogens is 901 g/mol. The van der Waals surface area contributed by atoms with Gasteiger partial charge in [0.2, 0.25) is 0 Å². The van der Waals surface area contributed by atoms with Gasteiger partial charge in [-0.1, -0.05) is 271 Å². The van der Waals surface area contributed by atoms with Gasteiger partial charge < -0.3 is 14.2 Å². The molecule has 0 aromatic heterocycles. The lowest BCUT2D eigenvalue weighted by Crippen LogP contribution is -2.30. The number of hydrogen-bond acceptors (Lipinski definition) is 6. The number of rotatable bonds is 54.